The molecule has 2 atom stereocenters. The highest BCUT2D eigenvalue weighted by Crippen LogP contribution is 2.33. The van der Waals surface area contributed by atoms with Crippen molar-refractivity contribution in [3.8, 4) is 11.1 Å². The van der Waals surface area contributed by atoms with Crippen molar-refractivity contribution < 1.29 is 23.5 Å². The van der Waals surface area contributed by atoms with E-state index in [1.165, 1.54) is 12.3 Å². The fourth-order valence-electron chi connectivity index (χ4n) is 5.72. The maximum Gasteiger partial charge on any atom is 0.305 e. The molecule has 240 valence electrons. The van der Waals surface area contributed by atoms with Gasteiger partial charge in [-0.3, -0.25) is 14.4 Å². The van der Waals surface area contributed by atoms with Gasteiger partial charge in [0.25, 0.3) is 12.0 Å². The molecular formula is C34H41F2N5O4. The number of halogens is 2. The van der Waals surface area contributed by atoms with Crippen LogP contribution in [0.4, 0.5) is 8.78 Å². The van der Waals surface area contributed by atoms with E-state index in [0.717, 1.165) is 26.8 Å². The Morgan fingerprint density at radius 1 is 1.09 bits per heavy atom. The van der Waals surface area contributed by atoms with E-state index in [-0.39, 0.29) is 12.3 Å². The number of pyridine rings is 2. The van der Waals surface area contributed by atoms with Gasteiger partial charge in [0, 0.05) is 36.9 Å². The number of carboxylic acid groups (broad SMARTS) is 1. The van der Waals surface area contributed by atoms with Gasteiger partial charge in [0.1, 0.15) is 11.7 Å². The van der Waals surface area contributed by atoms with Gasteiger partial charge in [-0.2, -0.15) is 0 Å². The quantitative estimate of drug-likeness (QED) is 0.197. The first-order valence-corrected chi connectivity index (χ1v) is 15.0. The van der Waals surface area contributed by atoms with E-state index in [1.807, 2.05) is 71.0 Å². The zero-order valence-corrected chi connectivity index (χ0v) is 26.6. The molecule has 0 spiro atoms. The fraction of sp³-hybridized carbons (Fsp3) is 0.412. The highest BCUT2D eigenvalue weighted by molar-refractivity contribution is 5.84. The minimum atomic E-state index is -3.02. The van der Waals surface area contributed by atoms with Crippen molar-refractivity contribution in [1.29, 1.82) is 0 Å². The van der Waals surface area contributed by atoms with Crippen LogP contribution < -0.4 is 10.9 Å². The summed E-state index contributed by atoms with van der Waals surface area (Å²) in [6, 6.07) is 6.85. The first-order chi connectivity index (χ1) is 21.3. The zero-order valence-electron chi connectivity index (χ0n) is 26.6. The zero-order chi connectivity index (χ0) is 33.0. The summed E-state index contributed by atoms with van der Waals surface area (Å²) in [5.41, 5.74) is 3.85. The van der Waals surface area contributed by atoms with Crippen LogP contribution in [0.2, 0.25) is 0 Å². The number of rotatable bonds is 13. The third-order valence-electron chi connectivity index (χ3n) is 7.90. The summed E-state index contributed by atoms with van der Waals surface area (Å²) in [7, 11) is 3.71. The Bertz CT molecular complexity index is 1720. The molecule has 1 aromatic carbocycles. The first-order valence-electron chi connectivity index (χ1n) is 15.0. The minimum Gasteiger partial charge on any atom is -0.481 e. The molecule has 9 nitrogen and oxygen atoms in total. The maximum atomic E-state index is 14.1. The lowest BCUT2D eigenvalue weighted by Gasteiger charge is -2.26. The molecular weight excluding hydrogens is 580 g/mol. The van der Waals surface area contributed by atoms with Crippen molar-refractivity contribution in [2.24, 2.45) is 5.92 Å². The third-order valence-corrected chi connectivity index (χ3v) is 7.90. The molecule has 0 aliphatic rings. The second-order valence-corrected chi connectivity index (χ2v) is 12.3. The summed E-state index contributed by atoms with van der Waals surface area (Å²) in [6.07, 6.45) is 3.73. The van der Waals surface area contributed by atoms with E-state index in [2.05, 4.69) is 10.3 Å². The number of hydrogen-bond donors (Lipinski definition) is 2. The van der Waals surface area contributed by atoms with Crippen LogP contribution >= 0.6 is 0 Å². The number of carbonyl (C=O) groups is 2. The predicted octanol–water partition coefficient (Wildman–Crippen LogP) is 5.74. The Labute approximate surface area is 261 Å². The predicted molar refractivity (Wildman–Crippen MR) is 170 cm³/mol. The van der Waals surface area contributed by atoms with Crippen LogP contribution in [0.25, 0.3) is 16.8 Å². The van der Waals surface area contributed by atoms with Crippen molar-refractivity contribution in [3.63, 3.8) is 0 Å². The highest BCUT2D eigenvalue weighted by atomic mass is 19.3. The van der Waals surface area contributed by atoms with Crippen LogP contribution in [0.1, 0.15) is 73.0 Å². The number of carbonyl (C=O) groups excluding carboxylic acids is 1. The number of alkyl halides is 2. The lowest BCUT2D eigenvalue weighted by molar-refractivity contribution is -0.138. The van der Waals surface area contributed by atoms with Crippen LogP contribution in [0.15, 0.2) is 59.9 Å². The van der Waals surface area contributed by atoms with Gasteiger partial charge in [-0.15, -0.1) is 0 Å². The van der Waals surface area contributed by atoms with Gasteiger partial charge in [0.2, 0.25) is 5.91 Å². The number of imidazole rings is 1. The number of likely N-dealkylation sites (N-methyl/N-ethyl adjacent to an activating group) is 1. The average molecular weight is 622 g/mol. The molecule has 0 saturated carbocycles. The molecule has 1 amide bonds. The summed E-state index contributed by atoms with van der Waals surface area (Å²) < 4.78 is 30.9. The molecule has 0 radical (unpaired) electrons. The number of aromatic nitrogens is 3. The van der Waals surface area contributed by atoms with Gasteiger partial charge in [-0.1, -0.05) is 32.0 Å². The number of nitrogens with zero attached hydrogens (tertiary/aromatic N) is 4. The average Bonchev–Trinajstić information content (AvgIpc) is 3.43. The van der Waals surface area contributed by atoms with Gasteiger partial charge >= 0.3 is 5.97 Å². The number of nitrogens with one attached hydrogen (secondary N) is 1. The normalized spacial score (nSPS) is 13.1. The van der Waals surface area contributed by atoms with Crippen LogP contribution in [0, 0.1) is 19.8 Å². The molecule has 4 aromatic rings. The number of aliphatic carboxylic acids is 1. The Hall–Kier alpha value is -4.38. The molecule has 0 aliphatic heterocycles. The Kier molecular flexibility index (Phi) is 10.5. The third kappa shape index (κ3) is 7.83. The molecule has 2 N–H and O–H groups in total. The summed E-state index contributed by atoms with van der Waals surface area (Å²) in [6.45, 7) is 8.27. The van der Waals surface area contributed by atoms with E-state index >= 15 is 0 Å². The Balaban J connectivity index is 1.81. The fourth-order valence-corrected chi connectivity index (χ4v) is 5.72. The van der Waals surface area contributed by atoms with Crippen molar-refractivity contribution >= 4 is 17.5 Å². The Morgan fingerprint density at radius 2 is 1.78 bits per heavy atom. The van der Waals surface area contributed by atoms with E-state index in [4.69, 9.17) is 0 Å². The molecule has 4 rings (SSSR count). The molecule has 11 heteroatoms. The van der Waals surface area contributed by atoms with Gasteiger partial charge < -0.3 is 24.3 Å². The Morgan fingerprint density at radius 3 is 2.38 bits per heavy atom. The van der Waals surface area contributed by atoms with Crippen LogP contribution in [-0.2, 0) is 16.0 Å². The van der Waals surface area contributed by atoms with Gasteiger partial charge in [-0.25, -0.2) is 13.8 Å². The molecule has 0 aliphatic carbocycles. The number of aryl methyl sites for hydroxylation is 2. The molecule has 0 saturated heterocycles. The summed E-state index contributed by atoms with van der Waals surface area (Å²) >= 11 is 0. The van der Waals surface area contributed by atoms with Crippen molar-refractivity contribution in [3.05, 3.63) is 93.3 Å². The number of carboxylic acids is 1. The first kappa shape index (κ1) is 33.5. The van der Waals surface area contributed by atoms with E-state index in [1.54, 1.807) is 23.0 Å². The molecule has 0 unspecified atom stereocenters. The van der Waals surface area contributed by atoms with Crippen LogP contribution in [0.5, 0.6) is 0 Å². The lowest BCUT2D eigenvalue weighted by atomic mass is 9.93. The summed E-state index contributed by atoms with van der Waals surface area (Å²) in [5.74, 6) is -1.84. The molecule has 3 aromatic heterocycles. The molecule has 0 bridgehead atoms. The van der Waals surface area contributed by atoms with E-state index in [0.29, 0.717) is 29.7 Å². The van der Waals surface area contributed by atoms with E-state index < -0.39 is 47.9 Å². The van der Waals surface area contributed by atoms with Crippen molar-refractivity contribution in [1.82, 2.24) is 24.2 Å². The largest absolute Gasteiger partial charge is 0.481 e. The second kappa shape index (κ2) is 14.2. The second-order valence-electron chi connectivity index (χ2n) is 12.3. The SMILES string of the molecule is Cc1cccc(C)c1-c1cc([C@@H](CC(=O)O)NC(=O)[C@H](CC(C)C)n2cc(CCN(C)C)cc(C(F)F)c2=O)cn2ccnc12. The highest BCUT2D eigenvalue weighted by Gasteiger charge is 2.29. The molecule has 3 heterocycles. The van der Waals surface area contributed by atoms with Gasteiger partial charge in [0.15, 0.2) is 0 Å². The number of amides is 1. The topological polar surface area (TPSA) is 109 Å². The number of hydrogen-bond acceptors (Lipinski definition) is 5. The monoisotopic (exact) mass is 621 g/mol. The van der Waals surface area contributed by atoms with E-state index in [9.17, 15) is 28.3 Å². The maximum absolute atomic E-state index is 14.1. The number of fused-ring (bicyclic) bond motifs is 1. The van der Waals surface area contributed by atoms with Crippen molar-refractivity contribution in [2.75, 3.05) is 20.6 Å². The molecule has 0 fully saturated rings. The summed E-state index contributed by atoms with van der Waals surface area (Å²) in [5, 5.41) is 12.7. The number of benzene rings is 1. The van der Waals surface area contributed by atoms with Crippen LogP contribution in [-0.4, -0.2) is 56.5 Å². The van der Waals surface area contributed by atoms with Gasteiger partial charge in [0.05, 0.1) is 18.0 Å². The molecule has 45 heavy (non-hydrogen) atoms. The van der Waals surface area contributed by atoms with Crippen molar-refractivity contribution in [2.45, 2.75) is 65.5 Å². The summed E-state index contributed by atoms with van der Waals surface area (Å²) in [4.78, 5) is 45.9. The lowest BCUT2D eigenvalue weighted by Crippen LogP contribution is -2.41. The minimum absolute atomic E-state index is 0.0797. The van der Waals surface area contributed by atoms with Gasteiger partial charge in [-0.05, 0) is 86.7 Å². The smallest absolute Gasteiger partial charge is 0.305 e. The van der Waals surface area contributed by atoms with Crippen LogP contribution in [0.3, 0.4) is 0 Å². The standard InChI is InChI=1S/C34H41F2N5O4/c1-20(2)14-28(41-18-23(10-12-39(5)6)15-26(31(35)36)34(41)45)33(44)38-27(17-29(42)43)24-16-25(32-37-11-13-40(32)19-24)30-21(3)8-7-9-22(30)4/h7-9,11,13,15-16,18-20,27-28,31H,10,12,14,17H2,1-6H3,(H,38,44)(H,42,43)/t27-,28+/m1/s1.